The van der Waals surface area contributed by atoms with E-state index in [-0.39, 0.29) is 5.56 Å². The van der Waals surface area contributed by atoms with Crippen molar-refractivity contribution in [3.63, 3.8) is 0 Å². The van der Waals surface area contributed by atoms with E-state index in [1.807, 2.05) is 0 Å². The summed E-state index contributed by atoms with van der Waals surface area (Å²) in [6.45, 7) is 0.320. The molecule has 0 atom stereocenters. The minimum atomic E-state index is -0.131. The predicted octanol–water partition coefficient (Wildman–Crippen LogP) is 0.292. The van der Waals surface area contributed by atoms with Crippen molar-refractivity contribution in [3.05, 3.63) is 40.5 Å². The van der Waals surface area contributed by atoms with Gasteiger partial charge in [-0.3, -0.25) is 9.36 Å². The summed E-state index contributed by atoms with van der Waals surface area (Å²) in [4.78, 5) is 22.9. The first-order chi connectivity index (χ1) is 8.28. The smallest absolute Gasteiger partial charge is 0.253 e. The number of nitrogens with one attached hydrogen (secondary N) is 1. The SMILES string of the molecule is NCc1nccn1-c1cc(=O)[nH]c(C2CC2)n1. The van der Waals surface area contributed by atoms with Gasteiger partial charge >= 0.3 is 0 Å². The molecule has 1 saturated carbocycles. The lowest BCUT2D eigenvalue weighted by molar-refractivity contribution is 0.813. The number of nitrogens with two attached hydrogens (primary N) is 1. The minimum Gasteiger partial charge on any atom is -0.324 e. The quantitative estimate of drug-likeness (QED) is 0.794. The number of hydrogen-bond donors (Lipinski definition) is 2. The molecule has 0 spiro atoms. The van der Waals surface area contributed by atoms with Crippen LogP contribution in [0.2, 0.25) is 0 Å². The second kappa shape index (κ2) is 3.81. The third kappa shape index (κ3) is 1.87. The Balaban J connectivity index is 2.10. The zero-order valence-electron chi connectivity index (χ0n) is 9.26. The first kappa shape index (κ1) is 10.2. The van der Waals surface area contributed by atoms with Crippen molar-refractivity contribution in [2.45, 2.75) is 25.3 Å². The van der Waals surface area contributed by atoms with E-state index in [9.17, 15) is 4.79 Å². The van der Waals surface area contributed by atoms with Crippen molar-refractivity contribution in [3.8, 4) is 5.82 Å². The van der Waals surface area contributed by atoms with Crippen molar-refractivity contribution in [2.24, 2.45) is 5.73 Å². The summed E-state index contributed by atoms with van der Waals surface area (Å²) in [5.74, 6) is 2.47. The van der Waals surface area contributed by atoms with Gasteiger partial charge in [-0.05, 0) is 12.8 Å². The van der Waals surface area contributed by atoms with Crippen LogP contribution in [0.5, 0.6) is 0 Å². The lowest BCUT2D eigenvalue weighted by Crippen LogP contribution is -2.15. The molecule has 1 fully saturated rings. The summed E-state index contributed by atoms with van der Waals surface area (Å²) in [5.41, 5.74) is 5.45. The van der Waals surface area contributed by atoms with Gasteiger partial charge in [0.15, 0.2) is 0 Å². The van der Waals surface area contributed by atoms with Crippen LogP contribution in [0.4, 0.5) is 0 Å². The number of aromatic nitrogens is 4. The van der Waals surface area contributed by atoms with Crippen LogP contribution in [0.3, 0.4) is 0 Å². The Morgan fingerprint density at radius 1 is 1.53 bits per heavy atom. The number of nitrogens with zero attached hydrogens (tertiary/aromatic N) is 3. The van der Waals surface area contributed by atoms with Gasteiger partial charge in [0.1, 0.15) is 17.5 Å². The third-order valence-corrected chi connectivity index (χ3v) is 2.86. The van der Waals surface area contributed by atoms with E-state index < -0.39 is 0 Å². The van der Waals surface area contributed by atoms with E-state index in [0.717, 1.165) is 18.7 Å². The summed E-state index contributed by atoms with van der Waals surface area (Å²) >= 11 is 0. The molecule has 1 aliphatic carbocycles. The standard InChI is InChI=1S/C11H13N5O/c12-6-9-13-3-4-16(9)8-5-10(17)15-11(14-8)7-1-2-7/h3-5,7H,1-2,6,12H2,(H,14,15,17). The average molecular weight is 231 g/mol. The van der Waals surface area contributed by atoms with Crippen LogP contribution < -0.4 is 11.3 Å². The molecule has 2 aromatic rings. The van der Waals surface area contributed by atoms with E-state index >= 15 is 0 Å². The number of hydrogen-bond acceptors (Lipinski definition) is 4. The van der Waals surface area contributed by atoms with E-state index in [1.54, 1.807) is 17.0 Å². The molecule has 0 unspecified atom stereocenters. The molecule has 3 rings (SSSR count). The Bertz CT molecular complexity index is 596. The second-order valence-electron chi connectivity index (χ2n) is 4.18. The molecule has 0 radical (unpaired) electrons. The number of H-pyrrole nitrogens is 1. The van der Waals surface area contributed by atoms with Crippen LogP contribution in [0, 0.1) is 0 Å². The topological polar surface area (TPSA) is 89.6 Å². The summed E-state index contributed by atoms with van der Waals surface area (Å²) in [6, 6.07) is 1.46. The molecule has 88 valence electrons. The fourth-order valence-electron chi connectivity index (χ4n) is 1.83. The van der Waals surface area contributed by atoms with Crippen molar-refractivity contribution in [1.29, 1.82) is 0 Å². The Morgan fingerprint density at radius 3 is 3.06 bits per heavy atom. The largest absolute Gasteiger partial charge is 0.324 e. The van der Waals surface area contributed by atoms with Crippen LogP contribution in [-0.2, 0) is 6.54 Å². The van der Waals surface area contributed by atoms with Crippen molar-refractivity contribution < 1.29 is 0 Å². The molecule has 2 aromatic heterocycles. The molecule has 6 nitrogen and oxygen atoms in total. The van der Waals surface area contributed by atoms with Gasteiger partial charge in [-0.15, -0.1) is 0 Å². The Labute approximate surface area is 97.5 Å². The number of rotatable bonds is 3. The fourth-order valence-corrected chi connectivity index (χ4v) is 1.83. The van der Waals surface area contributed by atoms with Crippen LogP contribution in [0.15, 0.2) is 23.3 Å². The normalized spacial score (nSPS) is 15.1. The zero-order chi connectivity index (χ0) is 11.8. The number of aromatic amines is 1. The maximum absolute atomic E-state index is 11.6. The molecule has 1 aliphatic rings. The van der Waals surface area contributed by atoms with Crippen LogP contribution >= 0.6 is 0 Å². The van der Waals surface area contributed by atoms with Gasteiger partial charge in [0.05, 0.1) is 6.54 Å². The molecule has 0 aliphatic heterocycles. The molecular formula is C11H13N5O. The number of imidazole rings is 1. The molecule has 17 heavy (non-hydrogen) atoms. The Hall–Kier alpha value is -1.95. The highest BCUT2D eigenvalue weighted by molar-refractivity contribution is 5.25. The average Bonchev–Trinajstić information content (AvgIpc) is 3.06. The zero-order valence-corrected chi connectivity index (χ0v) is 9.26. The monoisotopic (exact) mass is 231 g/mol. The third-order valence-electron chi connectivity index (χ3n) is 2.86. The lowest BCUT2D eigenvalue weighted by Gasteiger charge is -2.06. The van der Waals surface area contributed by atoms with Gasteiger partial charge in [-0.25, -0.2) is 9.97 Å². The van der Waals surface area contributed by atoms with Crippen LogP contribution in [-0.4, -0.2) is 19.5 Å². The first-order valence-electron chi connectivity index (χ1n) is 5.62. The maximum Gasteiger partial charge on any atom is 0.253 e. The van der Waals surface area contributed by atoms with Crippen molar-refractivity contribution in [2.75, 3.05) is 0 Å². The van der Waals surface area contributed by atoms with Gasteiger partial charge in [0.2, 0.25) is 0 Å². The molecule has 0 bridgehead atoms. The summed E-state index contributed by atoms with van der Waals surface area (Å²) in [5, 5.41) is 0. The summed E-state index contributed by atoms with van der Waals surface area (Å²) < 4.78 is 1.75. The Kier molecular flexibility index (Phi) is 2.29. The van der Waals surface area contributed by atoms with E-state index in [0.29, 0.717) is 24.1 Å². The lowest BCUT2D eigenvalue weighted by atomic mass is 10.4. The van der Waals surface area contributed by atoms with Gasteiger partial charge in [0, 0.05) is 24.4 Å². The minimum absolute atomic E-state index is 0.131. The highest BCUT2D eigenvalue weighted by Crippen LogP contribution is 2.37. The van der Waals surface area contributed by atoms with Gasteiger partial charge in [-0.2, -0.15) is 0 Å². The Morgan fingerprint density at radius 2 is 2.35 bits per heavy atom. The fraction of sp³-hybridized carbons (Fsp3) is 0.364. The van der Waals surface area contributed by atoms with Crippen molar-refractivity contribution >= 4 is 0 Å². The molecule has 0 amide bonds. The molecule has 3 N–H and O–H groups in total. The summed E-state index contributed by atoms with van der Waals surface area (Å²) in [6.07, 6.45) is 5.61. The van der Waals surface area contributed by atoms with Crippen molar-refractivity contribution in [1.82, 2.24) is 19.5 Å². The van der Waals surface area contributed by atoms with Gasteiger partial charge < -0.3 is 10.7 Å². The van der Waals surface area contributed by atoms with E-state index in [2.05, 4.69) is 15.0 Å². The predicted molar refractivity (Wildman–Crippen MR) is 61.8 cm³/mol. The highest BCUT2D eigenvalue weighted by Gasteiger charge is 2.26. The van der Waals surface area contributed by atoms with Crippen LogP contribution in [0.1, 0.15) is 30.4 Å². The van der Waals surface area contributed by atoms with Gasteiger partial charge in [0.25, 0.3) is 5.56 Å². The first-order valence-corrected chi connectivity index (χ1v) is 5.62. The molecule has 0 aromatic carbocycles. The second-order valence-corrected chi connectivity index (χ2v) is 4.18. The molecule has 6 heteroatoms. The van der Waals surface area contributed by atoms with Crippen LogP contribution in [0.25, 0.3) is 5.82 Å². The summed E-state index contributed by atoms with van der Waals surface area (Å²) in [7, 11) is 0. The van der Waals surface area contributed by atoms with E-state index in [1.165, 1.54) is 6.07 Å². The maximum atomic E-state index is 11.6. The highest BCUT2D eigenvalue weighted by atomic mass is 16.1. The molecular weight excluding hydrogens is 218 g/mol. The van der Waals surface area contributed by atoms with Gasteiger partial charge in [-0.1, -0.05) is 0 Å². The van der Waals surface area contributed by atoms with E-state index in [4.69, 9.17) is 5.73 Å². The molecule has 2 heterocycles. The molecule has 0 saturated heterocycles.